The molecule has 6 heteroatoms. The van der Waals surface area contributed by atoms with Gasteiger partial charge in [0.1, 0.15) is 4.88 Å². The molecule has 1 aromatic heterocycles. The van der Waals surface area contributed by atoms with E-state index < -0.39 is 5.97 Å². The van der Waals surface area contributed by atoms with Crippen molar-refractivity contribution in [3.05, 3.63) is 51.7 Å². The van der Waals surface area contributed by atoms with E-state index in [-0.39, 0.29) is 12.5 Å². The summed E-state index contributed by atoms with van der Waals surface area (Å²) in [5.41, 5.74) is 0.655. The maximum Gasteiger partial charge on any atom is 0.348 e. The lowest BCUT2D eigenvalue weighted by molar-refractivity contribution is -0.119. The summed E-state index contributed by atoms with van der Waals surface area (Å²) in [5.74, 6) is -0.942. The van der Waals surface area contributed by atoms with Crippen LogP contribution in [0.1, 0.15) is 9.67 Å². The summed E-state index contributed by atoms with van der Waals surface area (Å²) in [6, 6.07) is 12.1. The Morgan fingerprint density at radius 2 is 1.89 bits per heavy atom. The molecular formula is C13H10ClNO3S. The van der Waals surface area contributed by atoms with Crippen molar-refractivity contribution in [1.29, 1.82) is 0 Å². The second kappa shape index (κ2) is 6.36. The normalized spacial score (nSPS) is 9.95. The SMILES string of the molecule is O=C(COC(=O)c1ccc(Cl)s1)Nc1ccccc1. The molecule has 0 aliphatic carbocycles. The molecule has 1 aromatic carbocycles. The molecule has 98 valence electrons. The Morgan fingerprint density at radius 3 is 2.53 bits per heavy atom. The number of hydrogen-bond donors (Lipinski definition) is 1. The van der Waals surface area contributed by atoms with Gasteiger partial charge in [0.25, 0.3) is 5.91 Å². The monoisotopic (exact) mass is 295 g/mol. The molecule has 0 atom stereocenters. The third-order valence-electron chi connectivity index (χ3n) is 2.17. The minimum absolute atomic E-state index is 0.330. The van der Waals surface area contributed by atoms with E-state index in [2.05, 4.69) is 5.32 Å². The number of hydrogen-bond acceptors (Lipinski definition) is 4. The van der Waals surface area contributed by atoms with E-state index in [1.54, 1.807) is 36.4 Å². The number of carbonyl (C=O) groups is 2. The number of ether oxygens (including phenoxy) is 1. The molecule has 0 saturated carbocycles. The summed E-state index contributed by atoms with van der Waals surface area (Å²) in [5, 5.41) is 2.62. The first-order valence-corrected chi connectivity index (χ1v) is 6.62. The van der Waals surface area contributed by atoms with Crippen LogP contribution in [0.2, 0.25) is 4.34 Å². The minimum Gasteiger partial charge on any atom is -0.451 e. The number of benzene rings is 1. The van der Waals surface area contributed by atoms with E-state index in [1.165, 1.54) is 0 Å². The standard InChI is InChI=1S/C13H10ClNO3S/c14-11-7-6-10(19-11)13(17)18-8-12(16)15-9-4-2-1-3-5-9/h1-7H,8H2,(H,15,16). The summed E-state index contributed by atoms with van der Waals surface area (Å²) >= 11 is 6.82. The second-order valence-electron chi connectivity index (χ2n) is 3.59. The number of carbonyl (C=O) groups excluding carboxylic acids is 2. The average molecular weight is 296 g/mol. The summed E-state index contributed by atoms with van der Waals surface area (Å²) < 4.78 is 5.38. The Labute approximate surface area is 119 Å². The highest BCUT2D eigenvalue weighted by Crippen LogP contribution is 2.21. The van der Waals surface area contributed by atoms with Crippen LogP contribution < -0.4 is 5.32 Å². The van der Waals surface area contributed by atoms with Gasteiger partial charge in [-0.15, -0.1) is 11.3 Å². The molecule has 0 aliphatic heterocycles. The van der Waals surface area contributed by atoms with Gasteiger partial charge in [0.05, 0.1) is 4.34 Å². The summed E-state index contributed by atoms with van der Waals surface area (Å²) in [6.07, 6.45) is 0. The van der Waals surface area contributed by atoms with E-state index in [4.69, 9.17) is 16.3 Å². The number of para-hydroxylation sites is 1. The van der Waals surface area contributed by atoms with Crippen molar-refractivity contribution in [2.75, 3.05) is 11.9 Å². The minimum atomic E-state index is -0.555. The molecule has 0 fully saturated rings. The van der Waals surface area contributed by atoms with Gasteiger partial charge in [0, 0.05) is 5.69 Å². The fraction of sp³-hybridized carbons (Fsp3) is 0.0769. The number of anilines is 1. The zero-order valence-corrected chi connectivity index (χ0v) is 11.3. The van der Waals surface area contributed by atoms with E-state index in [1.807, 2.05) is 6.07 Å². The topological polar surface area (TPSA) is 55.4 Å². The zero-order valence-electron chi connectivity index (χ0n) is 9.76. The average Bonchev–Trinajstić information content (AvgIpc) is 2.84. The highest BCUT2D eigenvalue weighted by atomic mass is 35.5. The van der Waals surface area contributed by atoms with Crippen LogP contribution in [0.5, 0.6) is 0 Å². The lowest BCUT2D eigenvalue weighted by Gasteiger charge is -2.05. The van der Waals surface area contributed by atoms with E-state index in [0.717, 1.165) is 11.3 Å². The molecule has 0 radical (unpaired) electrons. The predicted molar refractivity (Wildman–Crippen MR) is 74.7 cm³/mol. The first-order valence-electron chi connectivity index (χ1n) is 5.42. The van der Waals surface area contributed by atoms with Crippen LogP contribution >= 0.6 is 22.9 Å². The summed E-state index contributed by atoms with van der Waals surface area (Å²) in [7, 11) is 0. The molecule has 0 spiro atoms. The van der Waals surface area contributed by atoms with Gasteiger partial charge in [-0.1, -0.05) is 29.8 Å². The molecule has 4 nitrogen and oxygen atoms in total. The fourth-order valence-electron chi connectivity index (χ4n) is 1.34. The van der Waals surface area contributed by atoms with Gasteiger partial charge in [-0.05, 0) is 24.3 Å². The van der Waals surface area contributed by atoms with Crippen LogP contribution in [0.25, 0.3) is 0 Å². The fourth-order valence-corrected chi connectivity index (χ4v) is 2.28. The number of esters is 1. The molecule has 0 aliphatic rings. The molecule has 2 aromatic rings. The van der Waals surface area contributed by atoms with Crippen LogP contribution in [0.15, 0.2) is 42.5 Å². The van der Waals surface area contributed by atoms with Crippen LogP contribution in [-0.4, -0.2) is 18.5 Å². The van der Waals surface area contributed by atoms with Crippen molar-refractivity contribution in [2.45, 2.75) is 0 Å². The van der Waals surface area contributed by atoms with Gasteiger partial charge in [0.15, 0.2) is 6.61 Å². The molecule has 2 rings (SSSR count). The lowest BCUT2D eigenvalue weighted by atomic mass is 10.3. The van der Waals surface area contributed by atoms with Crippen LogP contribution in [0.4, 0.5) is 5.69 Å². The number of halogens is 1. The molecule has 1 heterocycles. The molecule has 1 N–H and O–H groups in total. The maximum atomic E-state index is 11.6. The molecule has 19 heavy (non-hydrogen) atoms. The van der Waals surface area contributed by atoms with Crippen LogP contribution in [0, 0.1) is 0 Å². The largest absolute Gasteiger partial charge is 0.451 e. The first-order chi connectivity index (χ1) is 9.15. The summed E-state index contributed by atoms with van der Waals surface area (Å²) in [6.45, 7) is -0.330. The summed E-state index contributed by atoms with van der Waals surface area (Å²) in [4.78, 5) is 23.5. The van der Waals surface area contributed by atoms with Gasteiger partial charge in [-0.3, -0.25) is 4.79 Å². The van der Waals surface area contributed by atoms with Gasteiger partial charge >= 0.3 is 5.97 Å². The van der Waals surface area contributed by atoms with Crippen molar-refractivity contribution in [3.63, 3.8) is 0 Å². The van der Waals surface area contributed by atoms with Crippen molar-refractivity contribution in [3.8, 4) is 0 Å². The first kappa shape index (κ1) is 13.6. The van der Waals surface area contributed by atoms with Gasteiger partial charge in [-0.2, -0.15) is 0 Å². The Hall–Kier alpha value is -1.85. The number of nitrogens with one attached hydrogen (secondary N) is 1. The van der Waals surface area contributed by atoms with E-state index >= 15 is 0 Å². The van der Waals surface area contributed by atoms with Gasteiger partial charge in [0.2, 0.25) is 0 Å². The molecule has 0 unspecified atom stereocenters. The quantitative estimate of drug-likeness (QED) is 0.881. The van der Waals surface area contributed by atoms with E-state index in [0.29, 0.717) is 14.9 Å². The van der Waals surface area contributed by atoms with Crippen molar-refractivity contribution < 1.29 is 14.3 Å². The highest BCUT2D eigenvalue weighted by Gasteiger charge is 2.12. The van der Waals surface area contributed by atoms with Crippen LogP contribution in [0.3, 0.4) is 0 Å². The van der Waals surface area contributed by atoms with Crippen molar-refractivity contribution >= 4 is 40.5 Å². The number of rotatable bonds is 4. The Kier molecular flexibility index (Phi) is 4.54. The van der Waals surface area contributed by atoms with Crippen molar-refractivity contribution in [1.82, 2.24) is 0 Å². The molecule has 0 bridgehead atoms. The molecule has 1 amide bonds. The third kappa shape index (κ3) is 4.08. The van der Waals surface area contributed by atoms with Crippen molar-refractivity contribution in [2.24, 2.45) is 0 Å². The highest BCUT2D eigenvalue weighted by molar-refractivity contribution is 7.17. The van der Waals surface area contributed by atoms with Gasteiger partial charge in [-0.25, -0.2) is 4.79 Å². The number of amides is 1. The lowest BCUT2D eigenvalue weighted by Crippen LogP contribution is -2.20. The Balaban J connectivity index is 1.82. The third-order valence-corrected chi connectivity index (χ3v) is 3.38. The zero-order chi connectivity index (χ0) is 13.7. The second-order valence-corrected chi connectivity index (χ2v) is 5.31. The molecule has 0 saturated heterocycles. The Morgan fingerprint density at radius 1 is 1.16 bits per heavy atom. The van der Waals surface area contributed by atoms with Gasteiger partial charge < -0.3 is 10.1 Å². The Bertz CT molecular complexity index is 583. The van der Waals surface area contributed by atoms with Crippen LogP contribution in [-0.2, 0) is 9.53 Å². The predicted octanol–water partition coefficient (Wildman–Crippen LogP) is 3.20. The smallest absolute Gasteiger partial charge is 0.348 e. The molecular weight excluding hydrogens is 286 g/mol. The maximum absolute atomic E-state index is 11.6. The van der Waals surface area contributed by atoms with E-state index in [9.17, 15) is 9.59 Å². The number of thiophene rings is 1.